The molecule has 3 atom stereocenters. The van der Waals surface area contributed by atoms with Crippen LogP contribution in [0.1, 0.15) is 232 Å². The fourth-order valence-corrected chi connectivity index (χ4v) is 7.79. The summed E-state index contributed by atoms with van der Waals surface area (Å²) in [6.45, 7) is 2.37. The zero-order valence-corrected chi connectivity index (χ0v) is 41.2. The minimum atomic E-state index is -4.63. The van der Waals surface area contributed by atoms with Crippen molar-refractivity contribution in [3.63, 3.8) is 0 Å². The van der Waals surface area contributed by atoms with Gasteiger partial charge in [0.25, 0.3) is 0 Å². The topological polar surface area (TPSA) is 149 Å². The van der Waals surface area contributed by atoms with Crippen molar-refractivity contribution in [1.82, 2.24) is 0 Å². The first-order valence-corrected chi connectivity index (χ1v) is 27.1. The van der Waals surface area contributed by atoms with Crippen molar-refractivity contribution in [2.24, 2.45) is 0 Å². The van der Waals surface area contributed by atoms with Crippen molar-refractivity contribution >= 4 is 19.8 Å². The van der Waals surface area contributed by atoms with Crippen molar-refractivity contribution in [2.75, 3.05) is 26.4 Å². The number of carbonyl (C=O) groups excluding carboxylic acids is 2. The molecule has 0 fully saturated rings. The molecule has 0 aliphatic heterocycles. The number of ether oxygens (including phenoxy) is 2. The van der Waals surface area contributed by atoms with Crippen molar-refractivity contribution in [3.05, 3.63) is 48.6 Å². The van der Waals surface area contributed by atoms with E-state index in [1.165, 1.54) is 128 Å². The Hall–Kier alpha value is -2.07. The fraction of sp³-hybridized carbons (Fsp3) is 0.808. The fourth-order valence-electron chi connectivity index (χ4n) is 7.00. The van der Waals surface area contributed by atoms with Gasteiger partial charge in [-0.05, 0) is 77.0 Å². The third-order valence-electron chi connectivity index (χ3n) is 11.0. The second kappa shape index (κ2) is 47.9. The van der Waals surface area contributed by atoms with E-state index in [1.54, 1.807) is 0 Å². The summed E-state index contributed by atoms with van der Waals surface area (Å²) >= 11 is 0. The maximum atomic E-state index is 12.7. The molecular formula is C52H95O10P. The van der Waals surface area contributed by atoms with Gasteiger partial charge in [0.15, 0.2) is 6.10 Å². The number of aliphatic hydroxyl groups is 2. The number of carbonyl (C=O) groups is 2. The van der Waals surface area contributed by atoms with E-state index in [0.717, 1.165) is 64.2 Å². The minimum absolute atomic E-state index is 0.178. The van der Waals surface area contributed by atoms with Crippen molar-refractivity contribution in [2.45, 2.75) is 244 Å². The molecule has 11 heteroatoms. The number of phosphoric ester groups is 1. The Labute approximate surface area is 385 Å². The van der Waals surface area contributed by atoms with Gasteiger partial charge in [-0.3, -0.25) is 18.6 Å². The molecule has 0 aliphatic rings. The Balaban J connectivity index is 4.20. The molecule has 368 valence electrons. The number of esters is 2. The zero-order chi connectivity index (χ0) is 46.2. The summed E-state index contributed by atoms with van der Waals surface area (Å²) in [5, 5.41) is 18.4. The van der Waals surface area contributed by atoms with Gasteiger partial charge < -0.3 is 24.6 Å². The summed E-state index contributed by atoms with van der Waals surface area (Å²) in [5.74, 6) is -0.929. The van der Waals surface area contributed by atoms with Crippen LogP contribution in [0.3, 0.4) is 0 Å². The Kier molecular flexibility index (Phi) is 46.3. The first-order chi connectivity index (χ1) is 30.7. The molecule has 0 rings (SSSR count). The van der Waals surface area contributed by atoms with Crippen LogP contribution in [0.15, 0.2) is 48.6 Å². The Morgan fingerprint density at radius 3 is 1.25 bits per heavy atom. The molecule has 0 saturated carbocycles. The molecule has 0 aromatic rings. The predicted molar refractivity (Wildman–Crippen MR) is 261 cm³/mol. The molecule has 0 aromatic carbocycles. The normalized spacial score (nSPS) is 14.0. The van der Waals surface area contributed by atoms with E-state index in [2.05, 4.69) is 62.5 Å². The van der Waals surface area contributed by atoms with Crippen LogP contribution in [-0.2, 0) is 32.7 Å². The molecule has 0 heterocycles. The number of unbranched alkanes of at least 4 members (excludes halogenated alkanes) is 26. The lowest BCUT2D eigenvalue weighted by Crippen LogP contribution is -2.29. The SMILES string of the molecule is CCCCC/C=C\C/C=C\CCCCCCCCCCCC(=O)OCC(COP(=O)(O)OCC(O)CO)OC(=O)CCCCCCCCCCC/C=C\C/C=C\CCCCCCC. The lowest BCUT2D eigenvalue weighted by atomic mass is 10.1. The molecule has 0 spiro atoms. The van der Waals surface area contributed by atoms with Crippen molar-refractivity contribution in [1.29, 1.82) is 0 Å². The quantitative estimate of drug-likeness (QED) is 0.0233. The van der Waals surface area contributed by atoms with Gasteiger partial charge >= 0.3 is 19.8 Å². The first-order valence-electron chi connectivity index (χ1n) is 25.6. The summed E-state index contributed by atoms with van der Waals surface area (Å²) in [7, 11) is -4.63. The van der Waals surface area contributed by atoms with E-state index in [0.29, 0.717) is 12.8 Å². The van der Waals surface area contributed by atoms with Crippen LogP contribution in [0.25, 0.3) is 0 Å². The largest absolute Gasteiger partial charge is 0.472 e. The Morgan fingerprint density at radius 2 is 0.825 bits per heavy atom. The summed E-state index contributed by atoms with van der Waals surface area (Å²) in [5.41, 5.74) is 0. The molecule has 10 nitrogen and oxygen atoms in total. The first kappa shape index (κ1) is 60.9. The van der Waals surface area contributed by atoms with Crippen LogP contribution in [0, 0.1) is 0 Å². The molecule has 63 heavy (non-hydrogen) atoms. The smallest absolute Gasteiger partial charge is 0.462 e. The standard InChI is InChI=1S/C52H95O10P/c1-3-5-7-9-11-13-15-17-19-21-23-24-26-28-30-32-34-36-38-40-42-44-52(56)62-50(48-61-63(57,58)60-46-49(54)45-53)47-59-51(55)43-41-39-37-35-33-31-29-27-25-22-20-18-16-14-12-10-8-6-4-2/h12,14-15,17-18,20-21,23,49-50,53-54H,3-11,13,16,19,22,24-48H2,1-2H3,(H,57,58)/b14-12-,17-15-,20-18-,23-21-. The van der Waals surface area contributed by atoms with Crippen LogP contribution in [-0.4, -0.2) is 65.7 Å². The van der Waals surface area contributed by atoms with Gasteiger partial charge in [0.2, 0.25) is 0 Å². The molecule has 0 radical (unpaired) electrons. The highest BCUT2D eigenvalue weighted by atomic mass is 31.2. The maximum absolute atomic E-state index is 12.7. The monoisotopic (exact) mass is 911 g/mol. The van der Waals surface area contributed by atoms with Crippen LogP contribution < -0.4 is 0 Å². The highest BCUT2D eigenvalue weighted by Gasteiger charge is 2.27. The van der Waals surface area contributed by atoms with Gasteiger partial charge in [-0.15, -0.1) is 0 Å². The second-order valence-corrected chi connectivity index (χ2v) is 18.6. The van der Waals surface area contributed by atoms with Crippen LogP contribution >= 0.6 is 7.82 Å². The Bertz CT molecular complexity index is 1190. The molecule has 0 aromatic heterocycles. The van der Waals surface area contributed by atoms with Gasteiger partial charge in [-0.25, -0.2) is 4.57 Å². The number of rotatable bonds is 48. The van der Waals surface area contributed by atoms with E-state index in [4.69, 9.17) is 23.6 Å². The number of phosphoric acid groups is 1. The number of hydrogen-bond acceptors (Lipinski definition) is 9. The molecule has 0 saturated heterocycles. The van der Waals surface area contributed by atoms with Crippen molar-refractivity contribution < 1.29 is 47.8 Å². The van der Waals surface area contributed by atoms with Gasteiger partial charge in [0.1, 0.15) is 12.7 Å². The number of hydrogen-bond donors (Lipinski definition) is 3. The van der Waals surface area contributed by atoms with E-state index in [-0.39, 0.29) is 19.4 Å². The zero-order valence-electron chi connectivity index (χ0n) is 40.3. The minimum Gasteiger partial charge on any atom is -0.462 e. The molecule has 0 amide bonds. The second-order valence-electron chi connectivity index (χ2n) is 17.2. The number of allylic oxidation sites excluding steroid dienone is 8. The van der Waals surface area contributed by atoms with E-state index in [9.17, 15) is 24.2 Å². The summed E-state index contributed by atoms with van der Waals surface area (Å²) < 4.78 is 32.9. The average molecular weight is 911 g/mol. The summed E-state index contributed by atoms with van der Waals surface area (Å²) in [6.07, 6.45) is 53.5. The maximum Gasteiger partial charge on any atom is 0.472 e. The molecule has 0 bridgehead atoms. The van der Waals surface area contributed by atoms with Gasteiger partial charge in [-0.2, -0.15) is 0 Å². The highest BCUT2D eigenvalue weighted by molar-refractivity contribution is 7.47. The van der Waals surface area contributed by atoms with Gasteiger partial charge in [-0.1, -0.05) is 191 Å². The van der Waals surface area contributed by atoms with Crippen LogP contribution in [0.2, 0.25) is 0 Å². The number of aliphatic hydroxyl groups excluding tert-OH is 2. The average Bonchev–Trinajstić information content (AvgIpc) is 3.27. The third-order valence-corrected chi connectivity index (χ3v) is 11.9. The lowest BCUT2D eigenvalue weighted by Gasteiger charge is -2.20. The van der Waals surface area contributed by atoms with Gasteiger partial charge in [0, 0.05) is 12.8 Å². The van der Waals surface area contributed by atoms with Crippen LogP contribution in [0.4, 0.5) is 0 Å². The summed E-state index contributed by atoms with van der Waals surface area (Å²) in [6, 6.07) is 0. The van der Waals surface area contributed by atoms with Crippen LogP contribution in [0.5, 0.6) is 0 Å². The molecule has 3 unspecified atom stereocenters. The van der Waals surface area contributed by atoms with E-state index < -0.39 is 51.8 Å². The van der Waals surface area contributed by atoms with Gasteiger partial charge in [0.05, 0.1) is 19.8 Å². The van der Waals surface area contributed by atoms with E-state index >= 15 is 0 Å². The third kappa shape index (κ3) is 47.7. The molecule has 3 N–H and O–H groups in total. The van der Waals surface area contributed by atoms with E-state index in [1.807, 2.05) is 0 Å². The highest BCUT2D eigenvalue weighted by Crippen LogP contribution is 2.43. The Morgan fingerprint density at radius 1 is 0.476 bits per heavy atom. The predicted octanol–water partition coefficient (Wildman–Crippen LogP) is 14.5. The van der Waals surface area contributed by atoms with Crippen molar-refractivity contribution in [3.8, 4) is 0 Å². The lowest BCUT2D eigenvalue weighted by molar-refractivity contribution is -0.161. The molecular weight excluding hydrogens is 816 g/mol. The summed E-state index contributed by atoms with van der Waals surface area (Å²) in [4.78, 5) is 35.2. The molecule has 0 aliphatic carbocycles.